The van der Waals surface area contributed by atoms with E-state index in [2.05, 4.69) is 10.1 Å². The van der Waals surface area contributed by atoms with Crippen LogP contribution in [0.15, 0.2) is 101 Å². The Kier molecular flexibility index (Phi) is 6.39. The highest BCUT2D eigenvalue weighted by molar-refractivity contribution is 6.13. The fourth-order valence-electron chi connectivity index (χ4n) is 4.66. The highest BCUT2D eigenvalue weighted by atomic mass is 19.1. The van der Waals surface area contributed by atoms with Crippen molar-refractivity contribution >= 4 is 23.1 Å². The molecule has 1 aliphatic rings. The zero-order valence-corrected chi connectivity index (χ0v) is 21.3. The highest BCUT2D eigenvalue weighted by Gasteiger charge is 2.17. The van der Waals surface area contributed by atoms with Gasteiger partial charge in [-0.3, -0.25) is 19.1 Å². The Hall–Kier alpha value is -5.18. The van der Waals surface area contributed by atoms with Crippen LogP contribution >= 0.6 is 0 Å². The first-order chi connectivity index (χ1) is 19.4. The summed E-state index contributed by atoms with van der Waals surface area (Å²) in [6.07, 6.45) is 6.63. The molecule has 2 aromatic carbocycles. The number of carbonyl (C=O) groups is 1. The molecule has 4 heterocycles. The minimum absolute atomic E-state index is 0.0133. The minimum Gasteiger partial charge on any atom is -0.452 e. The van der Waals surface area contributed by atoms with Crippen LogP contribution in [0.1, 0.15) is 28.4 Å². The average Bonchev–Trinajstić information content (AvgIpc) is 3.60. The van der Waals surface area contributed by atoms with Crippen molar-refractivity contribution in [2.24, 2.45) is 4.99 Å². The number of allylic oxidation sites excluding steroid dienone is 1. The van der Waals surface area contributed by atoms with Gasteiger partial charge < -0.3 is 4.74 Å². The van der Waals surface area contributed by atoms with Gasteiger partial charge in [0, 0.05) is 41.9 Å². The normalized spacial score (nSPS) is 12.9. The van der Waals surface area contributed by atoms with Gasteiger partial charge in [0.05, 0.1) is 18.3 Å². The smallest absolute Gasteiger partial charge is 0.265 e. The number of aromatic nitrogens is 3. The van der Waals surface area contributed by atoms with E-state index >= 15 is 4.39 Å². The largest absolute Gasteiger partial charge is 0.452 e. The van der Waals surface area contributed by atoms with Crippen molar-refractivity contribution < 1.29 is 18.3 Å². The summed E-state index contributed by atoms with van der Waals surface area (Å²) in [7, 11) is 0. The lowest BCUT2D eigenvalue weighted by Crippen LogP contribution is -2.25. The molecule has 0 saturated heterocycles. The summed E-state index contributed by atoms with van der Waals surface area (Å²) < 4.78 is 37.4. The second-order valence-electron chi connectivity index (χ2n) is 9.46. The molecule has 7 nitrogen and oxygen atoms in total. The fraction of sp³-hybridized carbons (Fsp3) is 0.0968. The third kappa shape index (κ3) is 4.73. The maximum absolute atomic E-state index is 15.2. The van der Waals surface area contributed by atoms with Gasteiger partial charge >= 0.3 is 0 Å². The number of Topliss-reactive ketones (excluding diaryl/α,β-unsaturated/α-hetero) is 1. The molecular formula is C31H22F2N4O3. The third-order valence-electron chi connectivity index (χ3n) is 6.72. The van der Waals surface area contributed by atoms with Gasteiger partial charge in [0.25, 0.3) is 5.56 Å². The Labute approximate surface area is 227 Å². The van der Waals surface area contributed by atoms with Crippen molar-refractivity contribution in [1.29, 1.82) is 0 Å². The van der Waals surface area contributed by atoms with E-state index in [1.54, 1.807) is 35.1 Å². The van der Waals surface area contributed by atoms with E-state index in [4.69, 9.17) is 4.74 Å². The lowest BCUT2D eigenvalue weighted by Gasteiger charge is -2.12. The zero-order chi connectivity index (χ0) is 27.8. The van der Waals surface area contributed by atoms with Crippen LogP contribution in [0.2, 0.25) is 0 Å². The second-order valence-corrected chi connectivity index (χ2v) is 9.46. The Morgan fingerprint density at radius 1 is 1.02 bits per heavy atom. The lowest BCUT2D eigenvalue weighted by molar-refractivity contribution is 0.0991. The summed E-state index contributed by atoms with van der Waals surface area (Å²) in [5.74, 6) is -1.14. The summed E-state index contributed by atoms with van der Waals surface area (Å²) in [6.45, 7) is 2.63. The molecule has 0 saturated carbocycles. The first kappa shape index (κ1) is 25.1. The molecule has 0 aliphatic carbocycles. The second kappa shape index (κ2) is 10.2. The molecule has 6 rings (SSSR count). The predicted octanol–water partition coefficient (Wildman–Crippen LogP) is 5.84. The quantitative estimate of drug-likeness (QED) is 0.245. The van der Waals surface area contributed by atoms with Crippen LogP contribution in [-0.4, -0.2) is 32.7 Å². The van der Waals surface area contributed by atoms with Gasteiger partial charge in [-0.05, 0) is 78.7 Å². The van der Waals surface area contributed by atoms with Crippen LogP contribution in [0.3, 0.4) is 0 Å². The molecule has 3 aromatic heterocycles. The van der Waals surface area contributed by atoms with Gasteiger partial charge in [0.1, 0.15) is 11.3 Å². The summed E-state index contributed by atoms with van der Waals surface area (Å²) in [5.41, 5.74) is 3.82. The van der Waals surface area contributed by atoms with Gasteiger partial charge in [-0.2, -0.15) is 5.10 Å². The first-order valence-electron chi connectivity index (χ1n) is 12.5. The molecule has 0 radical (unpaired) electrons. The number of halogens is 2. The van der Waals surface area contributed by atoms with Crippen molar-refractivity contribution in [2.75, 3.05) is 6.54 Å². The molecule has 5 aromatic rings. The zero-order valence-electron chi connectivity index (χ0n) is 21.3. The number of hydrogen-bond acceptors (Lipinski definition) is 5. The Balaban J connectivity index is 1.25. The van der Waals surface area contributed by atoms with Crippen LogP contribution in [0.25, 0.3) is 16.8 Å². The maximum Gasteiger partial charge on any atom is 0.265 e. The van der Waals surface area contributed by atoms with Gasteiger partial charge in [-0.25, -0.2) is 13.3 Å². The van der Waals surface area contributed by atoms with E-state index < -0.39 is 23.0 Å². The van der Waals surface area contributed by atoms with Gasteiger partial charge in [-0.15, -0.1) is 0 Å². The Morgan fingerprint density at radius 3 is 2.60 bits per heavy atom. The number of benzene rings is 2. The maximum atomic E-state index is 15.2. The first-order valence-corrected chi connectivity index (χ1v) is 12.5. The number of hydrogen-bond donors (Lipinski definition) is 0. The van der Waals surface area contributed by atoms with Crippen LogP contribution in [0, 0.1) is 11.6 Å². The molecular weight excluding hydrogens is 514 g/mol. The van der Waals surface area contributed by atoms with Crippen molar-refractivity contribution in [3.05, 3.63) is 130 Å². The van der Waals surface area contributed by atoms with Crippen LogP contribution < -0.4 is 10.3 Å². The molecule has 0 spiro atoms. The van der Waals surface area contributed by atoms with E-state index in [9.17, 15) is 14.0 Å². The van der Waals surface area contributed by atoms with Crippen LogP contribution in [-0.2, 0) is 6.42 Å². The topological polar surface area (TPSA) is 78.0 Å². The molecule has 198 valence electrons. The van der Waals surface area contributed by atoms with Crippen molar-refractivity contribution in [2.45, 2.75) is 13.3 Å². The van der Waals surface area contributed by atoms with E-state index in [1.807, 2.05) is 19.2 Å². The Morgan fingerprint density at radius 2 is 1.85 bits per heavy atom. The lowest BCUT2D eigenvalue weighted by atomic mass is 10.0. The van der Waals surface area contributed by atoms with Gasteiger partial charge in [0.2, 0.25) is 0 Å². The number of pyridine rings is 2. The monoisotopic (exact) mass is 536 g/mol. The number of nitrogens with zero attached hydrogens (tertiary/aromatic N) is 4. The van der Waals surface area contributed by atoms with Crippen molar-refractivity contribution in [3.63, 3.8) is 0 Å². The molecule has 0 fully saturated rings. The molecule has 0 unspecified atom stereocenters. The van der Waals surface area contributed by atoms with Crippen LogP contribution in [0.5, 0.6) is 11.5 Å². The van der Waals surface area contributed by atoms with E-state index in [1.165, 1.54) is 53.2 Å². The molecule has 1 aliphatic heterocycles. The summed E-state index contributed by atoms with van der Waals surface area (Å²) in [4.78, 5) is 30.3. The van der Waals surface area contributed by atoms with E-state index in [-0.39, 0.29) is 17.7 Å². The number of aliphatic imine (C=N–C) groups is 1. The SMILES string of the molecule is CC1=C(c2cc(Oc3ccc(CC(=O)c4cccn(-c5ccc(F)cc5)c4=O)cc3F)c3ccnn3c2)C=NC1. The van der Waals surface area contributed by atoms with E-state index in [0.717, 1.165) is 16.7 Å². The van der Waals surface area contributed by atoms with E-state index in [0.29, 0.717) is 29.1 Å². The number of rotatable bonds is 7. The average molecular weight is 537 g/mol. The molecule has 0 atom stereocenters. The molecule has 0 amide bonds. The number of carbonyl (C=O) groups excluding carboxylic acids is 1. The van der Waals surface area contributed by atoms with Crippen LogP contribution in [0.4, 0.5) is 8.78 Å². The van der Waals surface area contributed by atoms with Crippen molar-refractivity contribution in [3.8, 4) is 17.2 Å². The standard InChI is InChI=1S/C31H22F2N4O3/c1-19-16-34-17-25(19)21-15-30(27-10-11-35-37(27)18-21)40-29-9-4-20(13-26(29)33)14-28(38)24-3-2-12-36(31(24)39)23-7-5-22(32)6-8-23/h2-13,15,17-18H,14,16H2,1H3. The summed E-state index contributed by atoms with van der Waals surface area (Å²) in [5, 5.41) is 4.31. The summed E-state index contributed by atoms with van der Waals surface area (Å²) in [6, 6.07) is 16.2. The molecule has 0 N–H and O–H groups in total. The predicted molar refractivity (Wildman–Crippen MR) is 148 cm³/mol. The third-order valence-corrected chi connectivity index (χ3v) is 6.72. The minimum atomic E-state index is -0.650. The molecule has 9 heteroatoms. The number of ether oxygens (including phenoxy) is 1. The van der Waals surface area contributed by atoms with Gasteiger partial charge in [-0.1, -0.05) is 6.07 Å². The molecule has 40 heavy (non-hydrogen) atoms. The number of ketones is 1. The van der Waals surface area contributed by atoms with Crippen molar-refractivity contribution in [1.82, 2.24) is 14.2 Å². The van der Waals surface area contributed by atoms with Gasteiger partial charge in [0.15, 0.2) is 23.1 Å². The summed E-state index contributed by atoms with van der Waals surface area (Å²) >= 11 is 0. The molecule has 0 bridgehead atoms. The fourth-order valence-corrected chi connectivity index (χ4v) is 4.66. The Bertz CT molecular complexity index is 1900. The highest BCUT2D eigenvalue weighted by Crippen LogP contribution is 2.32. The number of fused-ring (bicyclic) bond motifs is 1.